The Hall–Kier alpha value is -4.69. The number of pyridine rings is 2. The number of nitrogens with one attached hydrogen (secondary N) is 1. The number of carbonyl (C=O) groups excluding carboxylic acids is 4. The Balaban J connectivity index is 0.000000505. The molecule has 0 radical (unpaired) electrons. The highest BCUT2D eigenvalue weighted by Crippen LogP contribution is 2.41. The summed E-state index contributed by atoms with van der Waals surface area (Å²) >= 11 is 0. The van der Waals surface area contributed by atoms with E-state index in [1.807, 2.05) is 13.8 Å². The SMILES string of the molecule is CC.CC(=O)OCC(N)=O.CC(=O)OCc1c(C(O)C(=O)NCCN)cc2n(c1=O)Cc1c-2nc2cc(F)c(C)c3c2c1CCC3. The van der Waals surface area contributed by atoms with E-state index >= 15 is 0 Å². The molecule has 1 aromatic carbocycles. The number of hydrogen-bond acceptors (Lipinski definition) is 10. The third kappa shape index (κ3) is 7.57. The molecule has 2 amide bonds. The summed E-state index contributed by atoms with van der Waals surface area (Å²) in [5.41, 5.74) is 14.6. The van der Waals surface area contributed by atoms with Crippen molar-refractivity contribution in [1.82, 2.24) is 14.9 Å². The Labute approximate surface area is 265 Å². The van der Waals surface area contributed by atoms with Crippen molar-refractivity contribution in [3.8, 4) is 11.4 Å². The number of primary amides is 1. The summed E-state index contributed by atoms with van der Waals surface area (Å²) in [5, 5.41) is 14.3. The quantitative estimate of drug-likeness (QED) is 0.204. The maximum atomic E-state index is 14.7. The molecule has 1 unspecified atom stereocenters. The summed E-state index contributed by atoms with van der Waals surface area (Å²) in [6, 6.07) is 2.97. The van der Waals surface area contributed by atoms with E-state index in [-0.39, 0.29) is 43.2 Å². The summed E-state index contributed by atoms with van der Waals surface area (Å²) < 4.78 is 25.5. The van der Waals surface area contributed by atoms with E-state index < -0.39 is 42.0 Å². The number of aryl methyl sites for hydroxylation is 2. The number of nitrogens with two attached hydrogens (primary N) is 2. The van der Waals surface area contributed by atoms with Crippen molar-refractivity contribution in [1.29, 1.82) is 0 Å². The number of carbonyl (C=O) groups is 4. The van der Waals surface area contributed by atoms with Gasteiger partial charge in [0.15, 0.2) is 12.7 Å². The lowest BCUT2D eigenvalue weighted by Crippen LogP contribution is -2.35. The van der Waals surface area contributed by atoms with Gasteiger partial charge in [0.2, 0.25) is 0 Å². The predicted octanol–water partition coefficient (Wildman–Crippen LogP) is 1.59. The lowest BCUT2D eigenvalue weighted by atomic mass is 9.85. The normalized spacial score (nSPS) is 12.8. The number of halogens is 1. The number of amides is 2. The van der Waals surface area contributed by atoms with E-state index in [0.717, 1.165) is 41.3 Å². The van der Waals surface area contributed by atoms with Gasteiger partial charge in [0, 0.05) is 49.5 Å². The lowest BCUT2D eigenvalue weighted by Gasteiger charge is -2.21. The molecule has 2 aliphatic rings. The zero-order valence-electron chi connectivity index (χ0n) is 26.6. The first-order chi connectivity index (χ1) is 21.8. The number of ether oxygens (including phenoxy) is 2. The molecule has 0 spiro atoms. The van der Waals surface area contributed by atoms with Gasteiger partial charge in [0.25, 0.3) is 17.4 Å². The number of hydrogen-bond donors (Lipinski definition) is 4. The molecule has 0 saturated heterocycles. The maximum absolute atomic E-state index is 14.7. The number of benzene rings is 1. The van der Waals surface area contributed by atoms with Gasteiger partial charge >= 0.3 is 11.9 Å². The van der Waals surface area contributed by atoms with Gasteiger partial charge in [-0.25, -0.2) is 9.37 Å². The van der Waals surface area contributed by atoms with Crippen LogP contribution < -0.4 is 22.3 Å². The highest BCUT2D eigenvalue weighted by Gasteiger charge is 2.33. The minimum absolute atomic E-state index is 0.0120. The molecule has 3 heterocycles. The smallest absolute Gasteiger partial charge is 0.303 e. The van der Waals surface area contributed by atoms with Crippen LogP contribution in [0, 0.1) is 12.7 Å². The first kappa shape index (κ1) is 35.8. The van der Waals surface area contributed by atoms with Gasteiger partial charge in [-0.3, -0.25) is 24.0 Å². The molecule has 14 heteroatoms. The molecule has 1 aliphatic heterocycles. The van der Waals surface area contributed by atoms with E-state index in [1.54, 1.807) is 13.0 Å². The number of esters is 2. The van der Waals surface area contributed by atoms with Crippen LogP contribution in [0.4, 0.5) is 4.39 Å². The van der Waals surface area contributed by atoms with Crippen LogP contribution in [0.25, 0.3) is 22.3 Å². The molecule has 3 aromatic rings. The fraction of sp³-hybridized carbons (Fsp3) is 0.438. The van der Waals surface area contributed by atoms with Gasteiger partial charge in [-0.05, 0) is 48.9 Å². The molecule has 6 N–H and O–H groups in total. The standard InChI is InChI=1S/C26H27FN4O5.C4H7NO3.C2H6/c1-12-14-4-3-5-15-17-10-31-21(23(17)30-20(22(14)15)9-19(12)27)8-16(24(33)25(34)29-7-6-28)18(26(31)35)11-36-13(2)32;1-3(6)8-2-4(5)7;1-2/h8-9,24,33H,3-7,10-11,28H2,1-2H3,(H,29,34);2H2,1H3,(H2,5,7);1-2H3. The molecule has 2 aromatic heterocycles. The number of aliphatic hydroxyl groups excluding tert-OH is 1. The van der Waals surface area contributed by atoms with Crippen molar-refractivity contribution >= 4 is 34.7 Å². The van der Waals surface area contributed by atoms with Crippen molar-refractivity contribution in [2.45, 2.75) is 73.1 Å². The van der Waals surface area contributed by atoms with Gasteiger partial charge in [0.05, 0.1) is 29.0 Å². The van der Waals surface area contributed by atoms with E-state index in [4.69, 9.17) is 15.5 Å². The second-order valence-corrected chi connectivity index (χ2v) is 10.5. The summed E-state index contributed by atoms with van der Waals surface area (Å²) in [6.45, 7) is 8.06. The molecular formula is C32H40FN5O8. The van der Waals surface area contributed by atoms with Gasteiger partial charge in [0.1, 0.15) is 12.4 Å². The molecule has 1 atom stereocenters. The molecule has 13 nitrogen and oxygen atoms in total. The Kier molecular flexibility index (Phi) is 12.1. The van der Waals surface area contributed by atoms with Gasteiger partial charge < -0.3 is 35.9 Å². The third-order valence-corrected chi connectivity index (χ3v) is 7.49. The highest BCUT2D eigenvalue weighted by atomic mass is 19.1. The number of nitrogens with zero attached hydrogens (tertiary/aromatic N) is 2. The fourth-order valence-electron chi connectivity index (χ4n) is 5.49. The molecule has 46 heavy (non-hydrogen) atoms. The van der Waals surface area contributed by atoms with E-state index in [0.29, 0.717) is 22.5 Å². The molecule has 0 saturated carbocycles. The number of aliphatic hydroxyl groups is 1. The van der Waals surface area contributed by atoms with Crippen LogP contribution in [0.3, 0.4) is 0 Å². The zero-order valence-corrected chi connectivity index (χ0v) is 26.6. The molecule has 0 fully saturated rings. The monoisotopic (exact) mass is 641 g/mol. The largest absolute Gasteiger partial charge is 0.461 e. The number of rotatable bonds is 8. The third-order valence-electron chi connectivity index (χ3n) is 7.49. The van der Waals surface area contributed by atoms with Crippen molar-refractivity contribution < 1.29 is 38.1 Å². The van der Waals surface area contributed by atoms with Crippen LogP contribution in [0.2, 0.25) is 0 Å². The second kappa shape index (κ2) is 15.5. The van der Waals surface area contributed by atoms with Gasteiger partial charge in [-0.2, -0.15) is 0 Å². The van der Waals surface area contributed by atoms with Crippen molar-refractivity contribution in [2.24, 2.45) is 11.5 Å². The molecule has 248 valence electrons. The van der Waals surface area contributed by atoms with Crippen molar-refractivity contribution in [3.63, 3.8) is 0 Å². The van der Waals surface area contributed by atoms with Gasteiger partial charge in [-0.1, -0.05) is 13.8 Å². The zero-order chi connectivity index (χ0) is 34.3. The molecule has 0 bridgehead atoms. The van der Waals surface area contributed by atoms with Crippen LogP contribution in [0.5, 0.6) is 0 Å². The van der Waals surface area contributed by atoms with Gasteiger partial charge in [-0.15, -0.1) is 0 Å². The minimum Gasteiger partial charge on any atom is -0.461 e. The predicted molar refractivity (Wildman–Crippen MR) is 167 cm³/mol. The molecule has 1 aliphatic carbocycles. The summed E-state index contributed by atoms with van der Waals surface area (Å²) in [5.74, 6) is -2.78. The Morgan fingerprint density at radius 2 is 1.74 bits per heavy atom. The molecule has 5 rings (SSSR count). The van der Waals surface area contributed by atoms with Crippen LogP contribution >= 0.6 is 0 Å². The van der Waals surface area contributed by atoms with E-state index in [9.17, 15) is 33.5 Å². The highest BCUT2D eigenvalue weighted by molar-refractivity contribution is 5.92. The van der Waals surface area contributed by atoms with E-state index in [1.165, 1.54) is 24.5 Å². The Morgan fingerprint density at radius 3 is 2.33 bits per heavy atom. The Morgan fingerprint density at radius 1 is 1.09 bits per heavy atom. The van der Waals surface area contributed by atoms with Crippen molar-refractivity contribution in [3.05, 3.63) is 61.7 Å². The average Bonchev–Trinajstić information content (AvgIpc) is 3.40. The van der Waals surface area contributed by atoms with Crippen LogP contribution in [-0.4, -0.2) is 58.1 Å². The first-order valence-corrected chi connectivity index (χ1v) is 15.0. The Bertz CT molecular complexity index is 1720. The average molecular weight is 642 g/mol. The molecular weight excluding hydrogens is 601 g/mol. The summed E-state index contributed by atoms with van der Waals surface area (Å²) in [6.07, 6.45) is 0.716. The summed E-state index contributed by atoms with van der Waals surface area (Å²) in [4.78, 5) is 62.2. The van der Waals surface area contributed by atoms with Crippen LogP contribution in [0.1, 0.15) is 73.6 Å². The van der Waals surface area contributed by atoms with Crippen LogP contribution in [-0.2, 0) is 54.6 Å². The fourth-order valence-corrected chi connectivity index (χ4v) is 5.49. The van der Waals surface area contributed by atoms with E-state index in [2.05, 4.69) is 15.8 Å². The topological polar surface area (TPSA) is 206 Å². The summed E-state index contributed by atoms with van der Waals surface area (Å²) in [7, 11) is 0. The minimum atomic E-state index is -1.68. The number of fused-ring (bicyclic) bond motifs is 4. The van der Waals surface area contributed by atoms with Crippen LogP contribution in [0.15, 0.2) is 16.9 Å². The maximum Gasteiger partial charge on any atom is 0.303 e. The first-order valence-electron chi connectivity index (χ1n) is 15.0. The second-order valence-electron chi connectivity index (χ2n) is 10.5. The number of aromatic nitrogens is 2. The van der Waals surface area contributed by atoms with Crippen molar-refractivity contribution in [2.75, 3.05) is 19.7 Å². The lowest BCUT2D eigenvalue weighted by molar-refractivity contribution is -0.145.